The van der Waals surface area contributed by atoms with E-state index >= 15 is 0 Å². The van der Waals surface area contributed by atoms with Gasteiger partial charge < -0.3 is 10.3 Å². The minimum atomic E-state index is 0.452. The molecule has 2 N–H and O–H groups in total. The Kier molecular flexibility index (Phi) is 1.89. The van der Waals surface area contributed by atoms with Gasteiger partial charge in [-0.15, -0.1) is 0 Å². The summed E-state index contributed by atoms with van der Waals surface area (Å²) >= 11 is 0. The van der Waals surface area contributed by atoms with Crippen molar-refractivity contribution < 1.29 is 0 Å². The number of imidazole rings is 1. The van der Waals surface area contributed by atoms with Crippen molar-refractivity contribution in [3.8, 4) is 0 Å². The first-order chi connectivity index (χ1) is 5.75. The van der Waals surface area contributed by atoms with Crippen molar-refractivity contribution in [2.45, 2.75) is 26.3 Å². The fraction of sp³-hybridized carbons (Fsp3) is 0.667. The van der Waals surface area contributed by atoms with Gasteiger partial charge in [0.25, 0.3) is 0 Å². The van der Waals surface area contributed by atoms with Gasteiger partial charge in [-0.25, -0.2) is 4.98 Å². The summed E-state index contributed by atoms with van der Waals surface area (Å²) < 4.78 is 0. The molecule has 1 aliphatic heterocycles. The second-order valence-electron chi connectivity index (χ2n) is 3.75. The van der Waals surface area contributed by atoms with Crippen molar-refractivity contribution >= 4 is 0 Å². The summed E-state index contributed by atoms with van der Waals surface area (Å²) in [5.41, 5.74) is 1.14. The van der Waals surface area contributed by atoms with Crippen LogP contribution in [0.25, 0.3) is 0 Å². The van der Waals surface area contributed by atoms with E-state index in [4.69, 9.17) is 0 Å². The van der Waals surface area contributed by atoms with E-state index in [0.717, 1.165) is 24.0 Å². The van der Waals surface area contributed by atoms with Crippen LogP contribution >= 0.6 is 0 Å². The molecule has 2 rings (SSSR count). The summed E-state index contributed by atoms with van der Waals surface area (Å²) in [5.74, 6) is 1.87. The lowest BCUT2D eigenvalue weighted by molar-refractivity contribution is 0.587. The predicted molar refractivity (Wildman–Crippen MR) is 47.8 cm³/mol. The summed E-state index contributed by atoms with van der Waals surface area (Å²) in [6, 6.07) is 0.452. The van der Waals surface area contributed by atoms with Crippen LogP contribution in [-0.4, -0.2) is 16.5 Å². The molecule has 1 fully saturated rings. The molecule has 0 unspecified atom stereocenters. The van der Waals surface area contributed by atoms with E-state index in [0.29, 0.717) is 6.04 Å². The zero-order valence-corrected chi connectivity index (χ0v) is 7.59. The van der Waals surface area contributed by atoms with Crippen molar-refractivity contribution in [2.24, 2.45) is 5.92 Å². The van der Waals surface area contributed by atoms with E-state index in [1.165, 1.54) is 6.42 Å². The average molecular weight is 165 g/mol. The maximum atomic E-state index is 4.31. The van der Waals surface area contributed by atoms with Gasteiger partial charge in [-0.1, -0.05) is 6.92 Å². The summed E-state index contributed by atoms with van der Waals surface area (Å²) in [4.78, 5) is 7.58. The lowest BCUT2D eigenvalue weighted by atomic mass is 10.1. The highest BCUT2D eigenvalue weighted by molar-refractivity contribution is 5.04. The fourth-order valence-electron chi connectivity index (χ4n) is 1.73. The molecule has 0 saturated carbocycles. The minimum Gasteiger partial charge on any atom is -0.345 e. The van der Waals surface area contributed by atoms with Gasteiger partial charge in [0.15, 0.2) is 0 Å². The Morgan fingerprint density at radius 2 is 2.42 bits per heavy atom. The van der Waals surface area contributed by atoms with E-state index in [-0.39, 0.29) is 0 Å². The summed E-state index contributed by atoms with van der Waals surface area (Å²) in [7, 11) is 0. The second kappa shape index (κ2) is 2.90. The molecule has 0 radical (unpaired) electrons. The zero-order valence-electron chi connectivity index (χ0n) is 7.59. The molecule has 0 bridgehead atoms. The number of H-pyrrole nitrogens is 1. The van der Waals surface area contributed by atoms with Crippen LogP contribution in [0.3, 0.4) is 0 Å². The fourth-order valence-corrected chi connectivity index (χ4v) is 1.73. The number of rotatable bonds is 1. The van der Waals surface area contributed by atoms with Crippen LogP contribution < -0.4 is 5.32 Å². The first kappa shape index (κ1) is 7.80. The first-order valence-corrected chi connectivity index (χ1v) is 4.50. The number of hydrogen-bond donors (Lipinski definition) is 2. The monoisotopic (exact) mass is 165 g/mol. The third kappa shape index (κ3) is 1.37. The SMILES string of the molecule is Cc1cnc([C@@H]2C[C@@H](C)CN2)[nH]1. The smallest absolute Gasteiger partial charge is 0.123 e. The molecule has 0 amide bonds. The normalized spacial score (nSPS) is 29.5. The van der Waals surface area contributed by atoms with Gasteiger partial charge in [0.2, 0.25) is 0 Å². The Balaban J connectivity index is 2.11. The molecule has 1 aliphatic rings. The predicted octanol–water partition coefficient (Wildman–Crippen LogP) is 1.39. The Morgan fingerprint density at radius 1 is 1.58 bits per heavy atom. The summed E-state index contributed by atoms with van der Waals surface area (Å²) in [5, 5.41) is 3.44. The van der Waals surface area contributed by atoms with Gasteiger partial charge in [-0.3, -0.25) is 0 Å². The average Bonchev–Trinajstić information content (AvgIpc) is 2.58. The first-order valence-electron chi connectivity index (χ1n) is 4.50. The number of nitrogens with one attached hydrogen (secondary N) is 2. The van der Waals surface area contributed by atoms with Gasteiger partial charge in [-0.2, -0.15) is 0 Å². The molecule has 3 nitrogen and oxygen atoms in total. The van der Waals surface area contributed by atoms with Crippen LogP contribution in [0, 0.1) is 12.8 Å². The van der Waals surface area contributed by atoms with E-state index in [9.17, 15) is 0 Å². The maximum absolute atomic E-state index is 4.31. The molecule has 1 aromatic heterocycles. The molecule has 0 aromatic carbocycles. The summed E-state index contributed by atoms with van der Waals surface area (Å²) in [6.45, 7) is 5.42. The van der Waals surface area contributed by atoms with E-state index in [1.807, 2.05) is 13.1 Å². The van der Waals surface area contributed by atoms with E-state index in [1.54, 1.807) is 0 Å². The molecular formula is C9H15N3. The second-order valence-corrected chi connectivity index (χ2v) is 3.75. The van der Waals surface area contributed by atoms with E-state index < -0.39 is 0 Å². The molecule has 1 saturated heterocycles. The van der Waals surface area contributed by atoms with Crippen LogP contribution in [0.5, 0.6) is 0 Å². The largest absolute Gasteiger partial charge is 0.345 e. The molecule has 1 aromatic rings. The van der Waals surface area contributed by atoms with E-state index in [2.05, 4.69) is 22.2 Å². The standard InChI is InChI=1S/C9H15N3/c1-6-3-8(10-4-6)9-11-5-7(2)12-9/h5-6,8,10H,3-4H2,1-2H3,(H,11,12)/t6-,8+/m1/s1. The van der Waals surface area contributed by atoms with Crippen LogP contribution in [0.1, 0.15) is 30.9 Å². The topological polar surface area (TPSA) is 40.7 Å². The van der Waals surface area contributed by atoms with Crippen LogP contribution in [0.2, 0.25) is 0 Å². The van der Waals surface area contributed by atoms with Crippen LogP contribution in [-0.2, 0) is 0 Å². The van der Waals surface area contributed by atoms with Crippen LogP contribution in [0.15, 0.2) is 6.20 Å². The van der Waals surface area contributed by atoms with Gasteiger partial charge in [0.1, 0.15) is 5.82 Å². The van der Waals surface area contributed by atoms with Gasteiger partial charge in [0, 0.05) is 11.9 Å². The maximum Gasteiger partial charge on any atom is 0.123 e. The number of aromatic nitrogens is 2. The Morgan fingerprint density at radius 3 is 2.92 bits per heavy atom. The van der Waals surface area contributed by atoms with Crippen molar-refractivity contribution in [1.29, 1.82) is 0 Å². The van der Waals surface area contributed by atoms with Gasteiger partial charge in [-0.05, 0) is 25.8 Å². The molecule has 0 spiro atoms. The molecule has 66 valence electrons. The molecule has 3 heteroatoms. The molecular weight excluding hydrogens is 150 g/mol. The Labute approximate surface area is 72.6 Å². The Bertz CT molecular complexity index is 266. The molecule has 2 atom stereocenters. The highest BCUT2D eigenvalue weighted by Crippen LogP contribution is 2.24. The minimum absolute atomic E-state index is 0.452. The molecule has 0 aliphatic carbocycles. The van der Waals surface area contributed by atoms with Gasteiger partial charge in [0.05, 0.1) is 6.04 Å². The zero-order chi connectivity index (χ0) is 8.55. The lowest BCUT2D eigenvalue weighted by Gasteiger charge is -2.05. The number of aryl methyl sites for hydroxylation is 1. The van der Waals surface area contributed by atoms with Crippen LogP contribution in [0.4, 0.5) is 0 Å². The third-order valence-corrected chi connectivity index (χ3v) is 2.40. The van der Waals surface area contributed by atoms with Crippen molar-refractivity contribution in [2.75, 3.05) is 6.54 Å². The summed E-state index contributed by atoms with van der Waals surface area (Å²) in [6.07, 6.45) is 3.09. The Hall–Kier alpha value is -0.830. The quantitative estimate of drug-likeness (QED) is 0.660. The van der Waals surface area contributed by atoms with Gasteiger partial charge >= 0.3 is 0 Å². The highest BCUT2D eigenvalue weighted by atomic mass is 15.0. The molecule has 12 heavy (non-hydrogen) atoms. The van der Waals surface area contributed by atoms with Crippen molar-refractivity contribution in [3.05, 3.63) is 17.7 Å². The third-order valence-electron chi connectivity index (χ3n) is 2.40. The number of nitrogens with zero attached hydrogens (tertiary/aromatic N) is 1. The van der Waals surface area contributed by atoms with Crippen molar-refractivity contribution in [1.82, 2.24) is 15.3 Å². The number of hydrogen-bond acceptors (Lipinski definition) is 2. The molecule has 2 heterocycles. The number of aromatic amines is 1. The van der Waals surface area contributed by atoms with Crippen molar-refractivity contribution in [3.63, 3.8) is 0 Å². The lowest BCUT2D eigenvalue weighted by Crippen LogP contribution is -2.14. The highest BCUT2D eigenvalue weighted by Gasteiger charge is 2.23.